The Labute approximate surface area is 164 Å². The fourth-order valence-electron chi connectivity index (χ4n) is 3.73. The van der Waals surface area contributed by atoms with Crippen LogP contribution in [0.25, 0.3) is 10.9 Å². The average Bonchev–Trinajstić information content (AvgIpc) is 2.65. The summed E-state index contributed by atoms with van der Waals surface area (Å²) in [5.74, 6) is 0.777. The number of aliphatic hydroxyl groups is 1. The molecule has 1 aromatic heterocycles. The number of nitrogens with one attached hydrogen (secondary N) is 1. The van der Waals surface area contributed by atoms with Crippen LogP contribution < -0.4 is 10.1 Å². The van der Waals surface area contributed by atoms with E-state index in [2.05, 4.69) is 22.4 Å². The van der Waals surface area contributed by atoms with Crippen LogP contribution in [0.1, 0.15) is 31.0 Å². The zero-order valence-electron chi connectivity index (χ0n) is 15.4. The van der Waals surface area contributed by atoms with Crippen LogP contribution in [0.2, 0.25) is 5.15 Å². The van der Waals surface area contributed by atoms with Crippen molar-refractivity contribution < 1.29 is 9.84 Å². The van der Waals surface area contributed by atoms with Gasteiger partial charge in [-0.1, -0.05) is 41.9 Å². The lowest BCUT2D eigenvalue weighted by molar-refractivity contribution is -0.0638. The number of benzene rings is 2. The molecule has 2 aromatic carbocycles. The maximum absolute atomic E-state index is 11.0. The van der Waals surface area contributed by atoms with Gasteiger partial charge in [-0.05, 0) is 56.6 Å². The fraction of sp³-hybridized carbons (Fsp3) is 0.318. The van der Waals surface area contributed by atoms with Gasteiger partial charge in [-0.25, -0.2) is 4.98 Å². The summed E-state index contributed by atoms with van der Waals surface area (Å²) >= 11 is 6.06. The maximum atomic E-state index is 11.0. The minimum absolute atomic E-state index is 0.251. The highest BCUT2D eigenvalue weighted by molar-refractivity contribution is 6.29. The van der Waals surface area contributed by atoms with Crippen LogP contribution in [0.5, 0.6) is 5.75 Å². The third kappa shape index (κ3) is 3.53. The molecule has 0 radical (unpaired) electrons. The number of aliphatic hydroxyl groups excluding tert-OH is 1. The summed E-state index contributed by atoms with van der Waals surface area (Å²) in [5.41, 5.74) is 2.31. The Morgan fingerprint density at radius 1 is 1.11 bits per heavy atom. The summed E-state index contributed by atoms with van der Waals surface area (Å²) in [6, 6.07) is 17.6. The summed E-state index contributed by atoms with van der Waals surface area (Å²) in [5, 5.41) is 16.0. The van der Waals surface area contributed by atoms with Crippen molar-refractivity contribution in [3.05, 3.63) is 70.9 Å². The van der Waals surface area contributed by atoms with Crippen LogP contribution >= 0.6 is 11.6 Å². The largest absolute Gasteiger partial charge is 0.485 e. The SMILES string of the molecule is CC1(C)Oc2ccc3nc(Cl)ccc3c2[C@H](NCCc2ccccc2)[C@H]1O. The van der Waals surface area contributed by atoms with Crippen molar-refractivity contribution >= 4 is 22.5 Å². The topological polar surface area (TPSA) is 54.4 Å². The van der Waals surface area contributed by atoms with E-state index in [0.717, 1.165) is 35.2 Å². The van der Waals surface area contributed by atoms with Crippen LogP contribution in [-0.4, -0.2) is 28.3 Å². The van der Waals surface area contributed by atoms with Crippen LogP contribution in [0.4, 0.5) is 0 Å². The summed E-state index contributed by atoms with van der Waals surface area (Å²) in [6.45, 7) is 4.58. The molecule has 0 fully saturated rings. The molecule has 4 rings (SSSR count). The molecule has 2 N–H and O–H groups in total. The summed E-state index contributed by atoms with van der Waals surface area (Å²) in [6.07, 6.45) is 0.192. The number of ether oxygens (including phenoxy) is 1. The first-order valence-corrected chi connectivity index (χ1v) is 9.57. The highest BCUT2D eigenvalue weighted by Gasteiger charge is 2.43. The van der Waals surface area contributed by atoms with Gasteiger partial charge in [-0.3, -0.25) is 0 Å². The molecule has 3 aromatic rings. The number of hydrogen-bond acceptors (Lipinski definition) is 4. The van der Waals surface area contributed by atoms with Crippen LogP contribution in [0, 0.1) is 0 Å². The first-order chi connectivity index (χ1) is 13.0. The Kier molecular flexibility index (Phi) is 4.81. The number of fused-ring (bicyclic) bond motifs is 3. The van der Waals surface area contributed by atoms with E-state index in [0.29, 0.717) is 5.15 Å². The molecule has 27 heavy (non-hydrogen) atoms. The second kappa shape index (κ2) is 7.12. The molecular weight excluding hydrogens is 360 g/mol. The zero-order chi connectivity index (χ0) is 19.0. The van der Waals surface area contributed by atoms with Gasteiger partial charge in [0.1, 0.15) is 22.6 Å². The van der Waals surface area contributed by atoms with E-state index in [9.17, 15) is 5.11 Å². The minimum atomic E-state index is -0.693. The molecule has 0 saturated heterocycles. The molecule has 5 heteroatoms. The Bertz CT molecular complexity index is 959. The predicted octanol–water partition coefficient (Wildman–Crippen LogP) is 4.29. The van der Waals surface area contributed by atoms with E-state index in [4.69, 9.17) is 16.3 Å². The lowest BCUT2D eigenvalue weighted by Crippen LogP contribution is -2.52. The molecule has 0 bridgehead atoms. The first kappa shape index (κ1) is 18.2. The summed E-state index contributed by atoms with van der Waals surface area (Å²) in [4.78, 5) is 4.41. The molecule has 0 saturated carbocycles. The molecule has 2 heterocycles. The zero-order valence-corrected chi connectivity index (χ0v) is 16.2. The Hall–Kier alpha value is -2.14. The van der Waals surface area contributed by atoms with Gasteiger partial charge in [0.15, 0.2) is 0 Å². The lowest BCUT2D eigenvalue weighted by Gasteiger charge is -2.43. The monoisotopic (exact) mass is 382 g/mol. The lowest BCUT2D eigenvalue weighted by atomic mass is 9.84. The standard InChI is InChI=1S/C22H23ClN2O2/c1-22(2)21(26)20(24-13-12-14-6-4-3-5-7-14)19-15-8-11-18(23)25-16(15)9-10-17(19)27-22/h3-11,20-21,24,26H,12-13H2,1-2H3/t20-,21+/m0/s1. The maximum Gasteiger partial charge on any atom is 0.131 e. The molecule has 140 valence electrons. The van der Waals surface area contributed by atoms with Crippen molar-refractivity contribution in [2.24, 2.45) is 0 Å². The van der Waals surface area contributed by atoms with E-state index in [1.54, 1.807) is 6.07 Å². The highest BCUT2D eigenvalue weighted by atomic mass is 35.5. The van der Waals surface area contributed by atoms with Gasteiger partial charge in [-0.15, -0.1) is 0 Å². The molecule has 0 spiro atoms. The van der Waals surface area contributed by atoms with Gasteiger partial charge in [0.25, 0.3) is 0 Å². The molecule has 0 amide bonds. The number of nitrogens with zero attached hydrogens (tertiary/aromatic N) is 1. The van der Waals surface area contributed by atoms with Crippen molar-refractivity contribution in [3.63, 3.8) is 0 Å². The third-order valence-corrected chi connectivity index (χ3v) is 5.38. The number of rotatable bonds is 4. The number of pyridine rings is 1. The van der Waals surface area contributed by atoms with Crippen LogP contribution in [0.3, 0.4) is 0 Å². The fourth-order valence-corrected chi connectivity index (χ4v) is 3.88. The van der Waals surface area contributed by atoms with Gasteiger partial charge in [0, 0.05) is 10.9 Å². The third-order valence-electron chi connectivity index (χ3n) is 5.17. The Morgan fingerprint density at radius 2 is 1.89 bits per heavy atom. The number of aromatic nitrogens is 1. The van der Waals surface area contributed by atoms with Crippen molar-refractivity contribution in [1.82, 2.24) is 10.3 Å². The normalized spacial score (nSPS) is 20.9. The Balaban J connectivity index is 1.69. The van der Waals surface area contributed by atoms with Gasteiger partial charge >= 0.3 is 0 Å². The van der Waals surface area contributed by atoms with Crippen molar-refractivity contribution in [3.8, 4) is 5.75 Å². The van der Waals surface area contributed by atoms with Gasteiger partial charge < -0.3 is 15.2 Å². The molecule has 4 nitrogen and oxygen atoms in total. The quantitative estimate of drug-likeness (QED) is 0.661. The van der Waals surface area contributed by atoms with Crippen LogP contribution in [-0.2, 0) is 6.42 Å². The van der Waals surface area contributed by atoms with Crippen molar-refractivity contribution in [2.75, 3.05) is 6.54 Å². The van der Waals surface area contributed by atoms with Crippen molar-refractivity contribution in [2.45, 2.75) is 38.0 Å². The molecule has 1 aliphatic rings. The Morgan fingerprint density at radius 3 is 2.67 bits per heavy atom. The number of halogens is 1. The average molecular weight is 383 g/mol. The smallest absolute Gasteiger partial charge is 0.131 e. The van der Waals surface area contributed by atoms with Crippen LogP contribution in [0.15, 0.2) is 54.6 Å². The van der Waals surface area contributed by atoms with Crippen molar-refractivity contribution in [1.29, 1.82) is 0 Å². The number of hydrogen-bond donors (Lipinski definition) is 2. The summed E-state index contributed by atoms with van der Waals surface area (Å²) < 4.78 is 6.11. The van der Waals surface area contributed by atoms with E-state index in [-0.39, 0.29) is 6.04 Å². The molecule has 0 unspecified atom stereocenters. The second-order valence-corrected chi connectivity index (χ2v) is 7.88. The van der Waals surface area contributed by atoms with Gasteiger partial charge in [0.05, 0.1) is 11.6 Å². The van der Waals surface area contributed by atoms with Gasteiger partial charge in [-0.2, -0.15) is 0 Å². The molecule has 1 aliphatic heterocycles. The van der Waals surface area contributed by atoms with E-state index in [1.165, 1.54) is 5.56 Å². The summed E-state index contributed by atoms with van der Waals surface area (Å²) in [7, 11) is 0. The molecule has 0 aliphatic carbocycles. The minimum Gasteiger partial charge on any atom is -0.485 e. The molecule has 2 atom stereocenters. The second-order valence-electron chi connectivity index (χ2n) is 7.50. The first-order valence-electron chi connectivity index (χ1n) is 9.19. The predicted molar refractivity (Wildman–Crippen MR) is 108 cm³/mol. The van der Waals surface area contributed by atoms with Gasteiger partial charge in [0.2, 0.25) is 0 Å². The van der Waals surface area contributed by atoms with E-state index in [1.807, 2.05) is 50.2 Å². The highest BCUT2D eigenvalue weighted by Crippen LogP contribution is 2.43. The van der Waals surface area contributed by atoms with E-state index >= 15 is 0 Å². The molecular formula is C22H23ClN2O2. The van der Waals surface area contributed by atoms with E-state index < -0.39 is 11.7 Å².